The highest BCUT2D eigenvalue weighted by atomic mass is 15.0. The van der Waals surface area contributed by atoms with Crippen LogP contribution in [0.2, 0.25) is 0 Å². The molecule has 530 valence electrons. The molecule has 0 spiro atoms. The van der Waals surface area contributed by atoms with Crippen molar-refractivity contribution >= 4 is 87.2 Å². The summed E-state index contributed by atoms with van der Waals surface area (Å²) >= 11 is 0. The number of para-hydroxylation sites is 3. The fraction of sp³-hybridized carbons (Fsp3) is 0. The normalized spacial score (nSPS) is 11.2. The van der Waals surface area contributed by atoms with E-state index in [4.69, 9.17) is 0 Å². The van der Waals surface area contributed by atoms with Crippen molar-refractivity contribution in [2.75, 3.05) is 0 Å². The van der Waals surface area contributed by atoms with Gasteiger partial charge in [-0.05, 0) is 236 Å². The lowest BCUT2D eigenvalue weighted by atomic mass is 9.93. The highest BCUT2D eigenvalue weighted by molar-refractivity contribution is 6.16. The van der Waals surface area contributed by atoms with Gasteiger partial charge in [0, 0.05) is 48.7 Å². The molecule has 0 unspecified atom stereocenters. The van der Waals surface area contributed by atoms with E-state index in [0.717, 1.165) is 160 Å². The summed E-state index contributed by atoms with van der Waals surface area (Å²) in [4.78, 5) is 0. The molecule has 0 bridgehead atoms. The van der Waals surface area contributed by atoms with Gasteiger partial charge in [-0.15, -0.1) is 0 Å². The van der Waals surface area contributed by atoms with Crippen LogP contribution < -0.4 is 0 Å². The van der Waals surface area contributed by atoms with Crippen LogP contribution in [0.5, 0.6) is 0 Å². The molecular formula is C104H54N12. The fourth-order valence-corrected chi connectivity index (χ4v) is 17.2. The fourth-order valence-electron chi connectivity index (χ4n) is 17.2. The van der Waals surface area contributed by atoms with E-state index in [-0.39, 0.29) is 0 Å². The van der Waals surface area contributed by atoms with Crippen molar-refractivity contribution in [3.8, 4) is 149 Å². The standard InChI is InChI=1S/C104H54N12/c105-55-63-19-25-68(26-20-63)73-35-40-96-88(46-73)84-15-3-6-18-95(84)113(96)101-51-80(71-11-7-9-66(43-71)58-108)52-102(91(101)61-111)114-97-41-36-74(69-27-21-64(56-106)22-28-69)47-89(97)90-48-78(37-42-98(90)114)87-45-75(31-32-79(87)60-110)77-34-39-86-83-14-2-5-17-94(83)116(100(86)50-77)104-54-81(72-12-8-10-67(44-72)59-109)53-103(92(104)62-112)115-93-16-4-1-13-82(93)85-38-33-76(49-99(85)115)70-29-23-65(57-107)24-30-70/h1-54H. The summed E-state index contributed by atoms with van der Waals surface area (Å²) in [6, 6.07) is 127. The zero-order chi connectivity index (χ0) is 78.4. The van der Waals surface area contributed by atoms with Crippen LogP contribution in [0.1, 0.15) is 44.5 Å². The molecule has 16 aromatic carbocycles. The molecule has 4 heterocycles. The number of hydrogen-bond acceptors (Lipinski definition) is 8. The molecule has 12 nitrogen and oxygen atoms in total. The third-order valence-corrected chi connectivity index (χ3v) is 22.6. The Balaban J connectivity index is 0.785. The molecule has 12 heteroatoms. The monoisotopic (exact) mass is 1470 g/mol. The van der Waals surface area contributed by atoms with E-state index in [1.165, 1.54) is 0 Å². The smallest absolute Gasteiger partial charge is 0.104 e. The lowest BCUT2D eigenvalue weighted by Gasteiger charge is -2.19. The maximum atomic E-state index is 12.1. The van der Waals surface area contributed by atoms with Crippen molar-refractivity contribution in [1.29, 1.82) is 42.1 Å². The zero-order valence-electron chi connectivity index (χ0n) is 61.5. The molecule has 0 N–H and O–H groups in total. The van der Waals surface area contributed by atoms with Gasteiger partial charge in [-0.2, -0.15) is 42.1 Å². The van der Waals surface area contributed by atoms with Crippen LogP contribution in [0.15, 0.2) is 328 Å². The van der Waals surface area contributed by atoms with Crippen LogP contribution in [0.3, 0.4) is 0 Å². The summed E-state index contributed by atoms with van der Waals surface area (Å²) in [5.41, 5.74) is 24.9. The molecule has 0 aliphatic carbocycles. The van der Waals surface area contributed by atoms with Crippen LogP contribution in [0.25, 0.3) is 188 Å². The minimum Gasteiger partial charge on any atom is -0.308 e. The number of hydrogen-bond donors (Lipinski definition) is 0. The van der Waals surface area contributed by atoms with Crippen LogP contribution in [-0.4, -0.2) is 18.3 Å². The van der Waals surface area contributed by atoms with Gasteiger partial charge in [-0.25, -0.2) is 0 Å². The SMILES string of the molecule is N#Cc1ccc(-c2ccc3c(c2)c2ccccc2n3-c2cc(-c3cccc(C#N)c3)cc(-n3c4ccc(-c5ccc(C#N)cc5)cc4c4cc(-c5cc(-c6ccc7c8ccccc8n(-c8cc(-c9cccc(C#N)c9)cc(-n9c%10ccccc%10c%10ccc(-c%11ccc(C#N)cc%11)cc%109)c8C#N)c7c6)ccc5C#N)ccc43)c2C#N)cc1. The first-order valence-corrected chi connectivity index (χ1v) is 37.5. The Labute approximate surface area is 664 Å². The van der Waals surface area contributed by atoms with Crippen molar-refractivity contribution in [3.05, 3.63) is 372 Å². The topological polar surface area (TPSA) is 210 Å². The highest BCUT2D eigenvalue weighted by Gasteiger charge is 2.28. The molecule has 116 heavy (non-hydrogen) atoms. The third kappa shape index (κ3) is 11.0. The summed E-state index contributed by atoms with van der Waals surface area (Å²) < 4.78 is 8.68. The number of rotatable bonds is 11. The van der Waals surface area contributed by atoms with Gasteiger partial charge in [-0.1, -0.05) is 164 Å². The third-order valence-electron chi connectivity index (χ3n) is 22.6. The number of benzene rings is 16. The van der Waals surface area contributed by atoms with Gasteiger partial charge in [0.1, 0.15) is 23.3 Å². The van der Waals surface area contributed by atoms with Crippen LogP contribution in [0, 0.1) is 90.6 Å². The molecule has 0 fully saturated rings. The highest BCUT2D eigenvalue weighted by Crippen LogP contribution is 2.47. The van der Waals surface area contributed by atoms with Gasteiger partial charge >= 0.3 is 0 Å². The molecule has 20 rings (SSSR count). The molecule has 0 aliphatic heterocycles. The van der Waals surface area contributed by atoms with Crippen molar-refractivity contribution in [3.63, 3.8) is 0 Å². The largest absolute Gasteiger partial charge is 0.308 e. The Morgan fingerprint density at radius 3 is 0.853 bits per heavy atom. The quantitative estimate of drug-likeness (QED) is 0.121. The first-order valence-electron chi connectivity index (χ1n) is 37.5. The summed E-state index contributed by atoms with van der Waals surface area (Å²) in [5.74, 6) is 0. The Hall–Kier alpha value is -17.4. The molecule has 4 aromatic heterocycles. The second-order valence-electron chi connectivity index (χ2n) is 28.9. The second kappa shape index (κ2) is 27.3. The van der Waals surface area contributed by atoms with Gasteiger partial charge in [0.15, 0.2) is 0 Å². The molecule has 0 amide bonds. The van der Waals surface area contributed by atoms with Crippen LogP contribution in [0.4, 0.5) is 0 Å². The summed E-state index contributed by atoms with van der Waals surface area (Å²) in [5, 5.41) is 92.9. The zero-order valence-corrected chi connectivity index (χ0v) is 61.5. The number of nitriles is 8. The predicted molar refractivity (Wildman–Crippen MR) is 460 cm³/mol. The van der Waals surface area contributed by atoms with E-state index in [0.29, 0.717) is 72.8 Å². The van der Waals surface area contributed by atoms with Gasteiger partial charge in [-0.3, -0.25) is 0 Å². The van der Waals surface area contributed by atoms with E-state index in [9.17, 15) is 42.1 Å². The van der Waals surface area contributed by atoms with Gasteiger partial charge in [0.25, 0.3) is 0 Å². The predicted octanol–water partition coefficient (Wildman–Crippen LogP) is 24.7. The average molecular weight is 1470 g/mol. The van der Waals surface area contributed by atoms with Crippen LogP contribution >= 0.6 is 0 Å². The number of nitrogens with zero attached hydrogens (tertiary/aromatic N) is 12. The molecule has 0 saturated carbocycles. The molecule has 0 radical (unpaired) electrons. The van der Waals surface area contributed by atoms with E-state index in [1.807, 2.05) is 176 Å². The summed E-state index contributed by atoms with van der Waals surface area (Å²) in [7, 11) is 0. The van der Waals surface area contributed by atoms with E-state index in [1.54, 1.807) is 12.1 Å². The van der Waals surface area contributed by atoms with Crippen molar-refractivity contribution in [1.82, 2.24) is 18.3 Å². The van der Waals surface area contributed by atoms with Gasteiger partial charge in [0.05, 0.1) is 137 Å². The van der Waals surface area contributed by atoms with E-state index >= 15 is 0 Å². The molecule has 20 aromatic rings. The minimum absolute atomic E-state index is 0.388. The van der Waals surface area contributed by atoms with E-state index in [2.05, 4.69) is 206 Å². The Kier molecular flexibility index (Phi) is 16.0. The lowest BCUT2D eigenvalue weighted by molar-refractivity contribution is 1.12. The number of fused-ring (bicyclic) bond motifs is 12. The maximum absolute atomic E-state index is 12.1. The second-order valence-corrected chi connectivity index (χ2v) is 28.9. The molecule has 0 atom stereocenters. The van der Waals surface area contributed by atoms with E-state index < -0.39 is 0 Å². The van der Waals surface area contributed by atoms with Gasteiger partial charge < -0.3 is 18.3 Å². The van der Waals surface area contributed by atoms with Gasteiger partial charge in [0.2, 0.25) is 0 Å². The summed E-state index contributed by atoms with van der Waals surface area (Å²) in [6.45, 7) is 0. The average Bonchev–Trinajstić information content (AvgIpc) is 1.56. The van der Waals surface area contributed by atoms with Crippen molar-refractivity contribution in [2.45, 2.75) is 0 Å². The van der Waals surface area contributed by atoms with Crippen molar-refractivity contribution in [2.24, 2.45) is 0 Å². The lowest BCUT2D eigenvalue weighted by Crippen LogP contribution is -2.05. The molecule has 0 aliphatic rings. The Bertz CT molecular complexity index is 8040. The molecule has 0 saturated heterocycles. The maximum Gasteiger partial charge on any atom is 0.104 e. The first-order chi connectivity index (χ1) is 57.1. The molecular weight excluding hydrogens is 1420 g/mol. The minimum atomic E-state index is 0.388. The first kappa shape index (κ1) is 68.0. The Morgan fingerprint density at radius 2 is 0.457 bits per heavy atom. The van der Waals surface area contributed by atoms with Crippen molar-refractivity contribution < 1.29 is 0 Å². The Morgan fingerprint density at radius 1 is 0.164 bits per heavy atom. The number of aromatic nitrogens is 4. The van der Waals surface area contributed by atoms with Crippen LogP contribution in [-0.2, 0) is 0 Å². The summed E-state index contributed by atoms with van der Waals surface area (Å²) in [6.07, 6.45) is 0.